The molecule has 1 fully saturated rings. The summed E-state index contributed by atoms with van der Waals surface area (Å²) in [7, 11) is 2.25. The molecule has 0 aliphatic heterocycles. The Morgan fingerprint density at radius 1 is 1.38 bits per heavy atom. The molecule has 2 rings (SSSR count). The molecule has 0 unspecified atom stereocenters. The van der Waals surface area contributed by atoms with Gasteiger partial charge in [-0.15, -0.1) is 11.3 Å². The second kappa shape index (κ2) is 5.30. The van der Waals surface area contributed by atoms with Gasteiger partial charge in [0.05, 0.1) is 0 Å². The van der Waals surface area contributed by atoms with Crippen molar-refractivity contribution in [1.82, 2.24) is 4.90 Å². The van der Waals surface area contributed by atoms with Crippen LogP contribution in [0.25, 0.3) is 0 Å². The largest absolute Gasteiger partial charge is 0.328 e. The number of thiophene rings is 1. The highest BCUT2D eigenvalue weighted by Crippen LogP contribution is 2.24. The molecule has 0 radical (unpaired) electrons. The number of nitrogens with zero attached hydrogens (tertiary/aromatic N) is 1. The third-order valence-corrected chi connectivity index (χ3v) is 4.73. The van der Waals surface area contributed by atoms with E-state index in [1.54, 1.807) is 0 Å². The van der Waals surface area contributed by atoms with Gasteiger partial charge in [0.25, 0.3) is 0 Å². The molecule has 16 heavy (non-hydrogen) atoms. The average Bonchev–Trinajstić information content (AvgIpc) is 2.65. The maximum absolute atomic E-state index is 5.94. The molecule has 1 aromatic heterocycles. The number of nitrogens with two attached hydrogens (primary N) is 1. The summed E-state index contributed by atoms with van der Waals surface area (Å²) in [6, 6.07) is 3.40. The van der Waals surface area contributed by atoms with E-state index in [1.165, 1.54) is 36.1 Å². The van der Waals surface area contributed by atoms with Gasteiger partial charge in [-0.3, -0.25) is 4.90 Å². The molecule has 0 saturated heterocycles. The first-order chi connectivity index (χ1) is 7.66. The van der Waals surface area contributed by atoms with Gasteiger partial charge in [0.2, 0.25) is 0 Å². The van der Waals surface area contributed by atoms with Crippen LogP contribution in [-0.4, -0.2) is 24.0 Å². The zero-order valence-corrected chi connectivity index (χ0v) is 11.1. The highest BCUT2D eigenvalue weighted by atomic mass is 32.1. The van der Waals surface area contributed by atoms with Gasteiger partial charge in [0.15, 0.2) is 0 Å². The van der Waals surface area contributed by atoms with E-state index in [1.807, 2.05) is 11.3 Å². The van der Waals surface area contributed by atoms with Gasteiger partial charge in [-0.1, -0.05) is 0 Å². The summed E-state index contributed by atoms with van der Waals surface area (Å²) in [5, 5.41) is 2.19. The summed E-state index contributed by atoms with van der Waals surface area (Å²) in [6.07, 6.45) is 4.92. The zero-order chi connectivity index (χ0) is 11.5. The highest BCUT2D eigenvalue weighted by Gasteiger charge is 2.22. The third kappa shape index (κ3) is 2.84. The molecule has 0 spiro atoms. The molecule has 2 nitrogen and oxygen atoms in total. The van der Waals surface area contributed by atoms with E-state index in [0.717, 1.165) is 12.6 Å². The molecule has 0 bridgehead atoms. The van der Waals surface area contributed by atoms with Crippen LogP contribution in [0.3, 0.4) is 0 Å². The van der Waals surface area contributed by atoms with Crippen LogP contribution in [-0.2, 0) is 6.54 Å². The Morgan fingerprint density at radius 3 is 2.62 bits per heavy atom. The van der Waals surface area contributed by atoms with E-state index in [4.69, 9.17) is 5.73 Å². The minimum Gasteiger partial charge on any atom is -0.328 e. The van der Waals surface area contributed by atoms with Crippen LogP contribution in [0, 0.1) is 6.92 Å². The molecule has 1 heterocycles. The third-order valence-electron chi connectivity index (χ3n) is 3.73. The Bertz CT molecular complexity index is 326. The van der Waals surface area contributed by atoms with Gasteiger partial charge in [-0.2, -0.15) is 0 Å². The van der Waals surface area contributed by atoms with E-state index < -0.39 is 0 Å². The molecule has 0 atom stereocenters. The fourth-order valence-electron chi connectivity index (χ4n) is 2.46. The second-order valence-corrected chi connectivity index (χ2v) is 6.01. The fraction of sp³-hybridized carbons (Fsp3) is 0.692. The van der Waals surface area contributed by atoms with Gasteiger partial charge in [-0.05, 0) is 56.7 Å². The van der Waals surface area contributed by atoms with Crippen molar-refractivity contribution >= 4 is 11.3 Å². The fourth-order valence-corrected chi connectivity index (χ4v) is 3.43. The number of aryl methyl sites for hydroxylation is 1. The van der Waals surface area contributed by atoms with Gasteiger partial charge < -0.3 is 5.73 Å². The van der Waals surface area contributed by atoms with Crippen molar-refractivity contribution in [2.75, 3.05) is 7.05 Å². The Hall–Kier alpha value is -0.380. The van der Waals surface area contributed by atoms with Gasteiger partial charge >= 0.3 is 0 Å². The molecule has 1 aliphatic carbocycles. The van der Waals surface area contributed by atoms with Crippen molar-refractivity contribution in [3.05, 3.63) is 21.9 Å². The maximum atomic E-state index is 5.94. The Balaban J connectivity index is 1.88. The van der Waals surface area contributed by atoms with Crippen molar-refractivity contribution in [2.24, 2.45) is 5.73 Å². The summed E-state index contributed by atoms with van der Waals surface area (Å²) in [5.41, 5.74) is 7.38. The zero-order valence-electron chi connectivity index (χ0n) is 10.3. The first-order valence-electron chi connectivity index (χ1n) is 6.15. The summed E-state index contributed by atoms with van der Waals surface area (Å²) in [4.78, 5) is 4.02. The lowest BCUT2D eigenvalue weighted by atomic mass is 9.91. The molecule has 3 heteroatoms. The quantitative estimate of drug-likeness (QED) is 0.877. The minimum atomic E-state index is 0.452. The lowest BCUT2D eigenvalue weighted by molar-refractivity contribution is 0.177. The molecule has 0 aromatic carbocycles. The average molecular weight is 238 g/mol. The number of rotatable bonds is 3. The van der Waals surface area contributed by atoms with Crippen LogP contribution in [0.15, 0.2) is 11.4 Å². The maximum Gasteiger partial charge on any atom is 0.0330 e. The molecule has 1 saturated carbocycles. The Kier molecular flexibility index (Phi) is 4.00. The second-order valence-electron chi connectivity index (χ2n) is 5.01. The molecule has 2 N–H and O–H groups in total. The molecule has 0 amide bonds. The van der Waals surface area contributed by atoms with Gasteiger partial charge in [-0.25, -0.2) is 0 Å². The lowest BCUT2D eigenvalue weighted by Gasteiger charge is -2.33. The Morgan fingerprint density at radius 2 is 2.06 bits per heavy atom. The minimum absolute atomic E-state index is 0.452. The normalized spacial score (nSPS) is 26.2. The first kappa shape index (κ1) is 12.1. The van der Waals surface area contributed by atoms with Crippen LogP contribution >= 0.6 is 11.3 Å². The summed E-state index contributed by atoms with van der Waals surface area (Å²) in [6.45, 7) is 3.31. The lowest BCUT2D eigenvalue weighted by Crippen LogP contribution is -2.38. The van der Waals surface area contributed by atoms with Crippen molar-refractivity contribution in [2.45, 2.75) is 51.2 Å². The standard InChI is InChI=1S/C13H22N2S/c1-10-7-8-16-13(10)9-15(2)12-5-3-11(14)4-6-12/h7-8,11-12H,3-6,9,14H2,1-2H3. The first-order valence-corrected chi connectivity index (χ1v) is 7.03. The predicted molar refractivity (Wildman–Crippen MR) is 70.8 cm³/mol. The highest BCUT2D eigenvalue weighted by molar-refractivity contribution is 7.10. The summed E-state index contributed by atoms with van der Waals surface area (Å²) in [5.74, 6) is 0. The van der Waals surface area contributed by atoms with E-state index in [9.17, 15) is 0 Å². The summed E-state index contributed by atoms with van der Waals surface area (Å²) < 4.78 is 0. The van der Waals surface area contributed by atoms with E-state index in [-0.39, 0.29) is 0 Å². The van der Waals surface area contributed by atoms with E-state index in [2.05, 4.69) is 30.3 Å². The van der Waals surface area contributed by atoms with E-state index in [0.29, 0.717) is 6.04 Å². The predicted octanol–water partition coefficient (Wildman–Crippen LogP) is 2.76. The van der Waals surface area contributed by atoms with Crippen LogP contribution in [0.4, 0.5) is 0 Å². The molecular weight excluding hydrogens is 216 g/mol. The van der Waals surface area contributed by atoms with Crippen molar-refractivity contribution < 1.29 is 0 Å². The van der Waals surface area contributed by atoms with Crippen LogP contribution in [0.5, 0.6) is 0 Å². The van der Waals surface area contributed by atoms with Crippen LogP contribution in [0.2, 0.25) is 0 Å². The molecule has 1 aromatic rings. The van der Waals surface area contributed by atoms with Crippen LogP contribution < -0.4 is 5.73 Å². The van der Waals surface area contributed by atoms with Crippen LogP contribution in [0.1, 0.15) is 36.1 Å². The molecule has 1 aliphatic rings. The van der Waals surface area contributed by atoms with Crippen molar-refractivity contribution in [3.63, 3.8) is 0 Å². The monoisotopic (exact) mass is 238 g/mol. The van der Waals surface area contributed by atoms with Crippen molar-refractivity contribution in [1.29, 1.82) is 0 Å². The Labute approximate surface area is 102 Å². The van der Waals surface area contributed by atoms with Gasteiger partial charge in [0.1, 0.15) is 0 Å². The van der Waals surface area contributed by atoms with Gasteiger partial charge in [0, 0.05) is 23.5 Å². The number of hydrogen-bond donors (Lipinski definition) is 1. The smallest absolute Gasteiger partial charge is 0.0330 e. The SMILES string of the molecule is Cc1ccsc1CN(C)C1CCC(N)CC1. The summed E-state index contributed by atoms with van der Waals surface area (Å²) >= 11 is 1.88. The molecular formula is C13H22N2S. The molecule has 90 valence electrons. The van der Waals surface area contributed by atoms with E-state index >= 15 is 0 Å². The topological polar surface area (TPSA) is 29.3 Å². The van der Waals surface area contributed by atoms with Crippen molar-refractivity contribution in [3.8, 4) is 0 Å². The number of hydrogen-bond acceptors (Lipinski definition) is 3.